The third-order valence-electron chi connectivity index (χ3n) is 3.07. The Morgan fingerprint density at radius 1 is 1.16 bits per heavy atom. The van der Waals surface area contributed by atoms with Crippen molar-refractivity contribution in [2.24, 2.45) is 0 Å². The van der Waals surface area contributed by atoms with Crippen molar-refractivity contribution in [3.8, 4) is 11.8 Å². The van der Waals surface area contributed by atoms with Crippen LogP contribution in [0.5, 0.6) is 5.75 Å². The SMILES string of the molecule is N#C/C(=C/Nc1ccccc1C(F)(F)F)C(=O)Nc1cccc(O)c1. The molecular formula is C17H12F3N3O2. The van der Waals surface area contributed by atoms with Crippen molar-refractivity contribution in [1.82, 2.24) is 0 Å². The highest BCUT2D eigenvalue weighted by Gasteiger charge is 2.33. The van der Waals surface area contributed by atoms with Gasteiger partial charge in [0.05, 0.1) is 11.3 Å². The second kappa shape index (κ2) is 7.40. The van der Waals surface area contributed by atoms with Gasteiger partial charge < -0.3 is 15.7 Å². The number of rotatable bonds is 4. The van der Waals surface area contributed by atoms with Crippen LogP contribution in [0, 0.1) is 11.3 Å². The smallest absolute Gasteiger partial charge is 0.418 e. The van der Waals surface area contributed by atoms with E-state index in [0.717, 1.165) is 12.3 Å². The van der Waals surface area contributed by atoms with Gasteiger partial charge in [0.2, 0.25) is 0 Å². The van der Waals surface area contributed by atoms with E-state index in [-0.39, 0.29) is 17.1 Å². The van der Waals surface area contributed by atoms with Crippen LogP contribution in [-0.4, -0.2) is 11.0 Å². The van der Waals surface area contributed by atoms with Crippen LogP contribution in [0.15, 0.2) is 60.3 Å². The Hall–Kier alpha value is -3.47. The Balaban J connectivity index is 2.19. The van der Waals surface area contributed by atoms with Crippen LogP contribution in [0.1, 0.15) is 5.56 Å². The molecule has 5 nitrogen and oxygen atoms in total. The predicted octanol–water partition coefficient (Wildman–Crippen LogP) is 3.87. The summed E-state index contributed by atoms with van der Waals surface area (Å²) >= 11 is 0. The van der Waals surface area contributed by atoms with Gasteiger partial charge in [-0.15, -0.1) is 0 Å². The number of anilines is 2. The fraction of sp³-hybridized carbons (Fsp3) is 0.0588. The highest BCUT2D eigenvalue weighted by Crippen LogP contribution is 2.34. The summed E-state index contributed by atoms with van der Waals surface area (Å²) in [5, 5.41) is 23.1. The minimum atomic E-state index is -4.58. The van der Waals surface area contributed by atoms with E-state index in [1.165, 1.54) is 42.5 Å². The lowest BCUT2D eigenvalue weighted by Gasteiger charge is -2.12. The van der Waals surface area contributed by atoms with Crippen molar-refractivity contribution in [1.29, 1.82) is 5.26 Å². The summed E-state index contributed by atoms with van der Waals surface area (Å²) in [6.45, 7) is 0. The number of alkyl halides is 3. The summed E-state index contributed by atoms with van der Waals surface area (Å²) in [6.07, 6.45) is -3.68. The number of hydrogen-bond acceptors (Lipinski definition) is 4. The van der Waals surface area contributed by atoms with Gasteiger partial charge >= 0.3 is 6.18 Å². The highest BCUT2D eigenvalue weighted by atomic mass is 19.4. The average molecular weight is 347 g/mol. The number of nitrogens with zero attached hydrogens (tertiary/aromatic N) is 1. The summed E-state index contributed by atoms with van der Waals surface area (Å²) < 4.78 is 38.7. The predicted molar refractivity (Wildman–Crippen MR) is 85.5 cm³/mol. The van der Waals surface area contributed by atoms with E-state index in [2.05, 4.69) is 10.6 Å². The number of para-hydroxylation sites is 1. The lowest BCUT2D eigenvalue weighted by Crippen LogP contribution is -2.15. The molecular weight excluding hydrogens is 335 g/mol. The number of aromatic hydroxyl groups is 1. The van der Waals surface area contributed by atoms with E-state index < -0.39 is 23.2 Å². The van der Waals surface area contributed by atoms with E-state index in [0.29, 0.717) is 0 Å². The molecule has 0 heterocycles. The first kappa shape index (κ1) is 17.9. The quantitative estimate of drug-likeness (QED) is 0.579. The van der Waals surface area contributed by atoms with Crippen molar-refractivity contribution >= 4 is 17.3 Å². The first-order valence-corrected chi connectivity index (χ1v) is 6.94. The number of hydrogen-bond donors (Lipinski definition) is 3. The Bertz CT molecular complexity index is 855. The fourth-order valence-electron chi connectivity index (χ4n) is 1.94. The maximum absolute atomic E-state index is 12.9. The van der Waals surface area contributed by atoms with Crippen LogP contribution < -0.4 is 10.6 Å². The van der Waals surface area contributed by atoms with E-state index in [9.17, 15) is 23.1 Å². The topological polar surface area (TPSA) is 85.2 Å². The molecule has 0 radical (unpaired) electrons. The molecule has 0 fully saturated rings. The van der Waals surface area contributed by atoms with Gasteiger partial charge in [0, 0.05) is 18.0 Å². The van der Waals surface area contributed by atoms with Crippen molar-refractivity contribution in [3.05, 3.63) is 65.9 Å². The molecule has 2 aromatic rings. The number of carbonyl (C=O) groups excluding carboxylic acids is 1. The number of nitriles is 1. The summed E-state index contributed by atoms with van der Waals surface area (Å²) in [4.78, 5) is 12.0. The third kappa shape index (κ3) is 4.75. The third-order valence-corrected chi connectivity index (χ3v) is 3.07. The molecule has 1 amide bonds. The van der Waals surface area contributed by atoms with Crippen LogP contribution in [-0.2, 0) is 11.0 Å². The van der Waals surface area contributed by atoms with E-state index in [1.807, 2.05) is 0 Å². The van der Waals surface area contributed by atoms with Crippen LogP contribution >= 0.6 is 0 Å². The van der Waals surface area contributed by atoms with Crippen LogP contribution in [0.25, 0.3) is 0 Å². The summed E-state index contributed by atoms with van der Waals surface area (Å²) in [5.74, 6) is -0.914. The van der Waals surface area contributed by atoms with E-state index >= 15 is 0 Å². The van der Waals surface area contributed by atoms with Gasteiger partial charge in [0.25, 0.3) is 5.91 Å². The Labute approximate surface area is 141 Å². The minimum Gasteiger partial charge on any atom is -0.508 e. The van der Waals surface area contributed by atoms with Gasteiger partial charge in [-0.2, -0.15) is 18.4 Å². The first-order valence-electron chi connectivity index (χ1n) is 6.94. The highest BCUT2D eigenvalue weighted by molar-refractivity contribution is 6.06. The molecule has 8 heteroatoms. The molecule has 3 N–H and O–H groups in total. The minimum absolute atomic E-state index is 0.0856. The fourth-order valence-corrected chi connectivity index (χ4v) is 1.94. The van der Waals surface area contributed by atoms with Gasteiger partial charge in [0.15, 0.2) is 0 Å². The van der Waals surface area contributed by atoms with E-state index in [1.54, 1.807) is 6.07 Å². The maximum atomic E-state index is 12.9. The Morgan fingerprint density at radius 3 is 2.52 bits per heavy atom. The zero-order chi connectivity index (χ0) is 18.4. The molecule has 128 valence electrons. The molecule has 2 aromatic carbocycles. The van der Waals surface area contributed by atoms with Crippen LogP contribution in [0.2, 0.25) is 0 Å². The molecule has 0 bridgehead atoms. The monoisotopic (exact) mass is 347 g/mol. The second-order valence-corrected chi connectivity index (χ2v) is 4.86. The molecule has 2 rings (SSSR count). The lowest BCUT2D eigenvalue weighted by atomic mass is 10.1. The molecule has 0 atom stereocenters. The second-order valence-electron chi connectivity index (χ2n) is 4.86. The number of phenols is 1. The largest absolute Gasteiger partial charge is 0.508 e. The van der Waals surface area contributed by atoms with Crippen LogP contribution in [0.3, 0.4) is 0 Å². The van der Waals surface area contributed by atoms with Gasteiger partial charge in [0.1, 0.15) is 17.4 Å². The van der Waals surface area contributed by atoms with Crippen molar-refractivity contribution in [2.75, 3.05) is 10.6 Å². The Kier molecular flexibility index (Phi) is 5.29. The number of halogens is 3. The number of amides is 1. The summed E-state index contributed by atoms with van der Waals surface area (Å²) in [5.41, 5.74) is -1.40. The van der Waals surface area contributed by atoms with Crippen LogP contribution in [0.4, 0.5) is 24.5 Å². The summed E-state index contributed by atoms with van der Waals surface area (Å²) in [6, 6.07) is 11.9. The van der Waals surface area contributed by atoms with Crippen molar-refractivity contribution < 1.29 is 23.1 Å². The molecule has 0 aliphatic heterocycles. The Morgan fingerprint density at radius 2 is 1.88 bits per heavy atom. The molecule has 0 unspecified atom stereocenters. The molecule has 0 saturated carbocycles. The molecule has 0 saturated heterocycles. The van der Waals surface area contributed by atoms with Crippen molar-refractivity contribution in [2.45, 2.75) is 6.18 Å². The molecule has 0 aliphatic rings. The van der Waals surface area contributed by atoms with E-state index in [4.69, 9.17) is 5.26 Å². The average Bonchev–Trinajstić information content (AvgIpc) is 2.55. The molecule has 0 spiro atoms. The number of benzene rings is 2. The molecule has 0 aromatic heterocycles. The number of carbonyl (C=O) groups is 1. The zero-order valence-electron chi connectivity index (χ0n) is 12.6. The number of phenolic OH excluding ortho intramolecular Hbond substituents is 1. The van der Waals surface area contributed by atoms with Gasteiger partial charge in [-0.3, -0.25) is 4.79 Å². The standard InChI is InChI=1S/C17H12F3N3O2/c18-17(19,20)14-6-1-2-7-15(14)22-10-11(9-21)16(25)23-12-4-3-5-13(24)8-12/h1-8,10,22,24H,(H,23,25)/b11-10-. The first-order chi connectivity index (χ1) is 11.8. The maximum Gasteiger partial charge on any atom is 0.418 e. The molecule has 0 aliphatic carbocycles. The number of nitrogens with one attached hydrogen (secondary N) is 2. The van der Waals surface area contributed by atoms with Gasteiger partial charge in [-0.1, -0.05) is 18.2 Å². The van der Waals surface area contributed by atoms with Crippen molar-refractivity contribution in [3.63, 3.8) is 0 Å². The molecule has 25 heavy (non-hydrogen) atoms. The van der Waals surface area contributed by atoms with Gasteiger partial charge in [-0.25, -0.2) is 0 Å². The lowest BCUT2D eigenvalue weighted by molar-refractivity contribution is -0.136. The normalized spacial score (nSPS) is 11.5. The summed E-state index contributed by atoms with van der Waals surface area (Å²) in [7, 11) is 0. The zero-order valence-corrected chi connectivity index (χ0v) is 12.6. The van der Waals surface area contributed by atoms with Gasteiger partial charge in [-0.05, 0) is 24.3 Å².